The Labute approximate surface area is 113 Å². The second-order valence-electron chi connectivity index (χ2n) is 4.14. The molecule has 1 rings (SSSR count). The average Bonchev–Trinajstić information content (AvgIpc) is 2.43. The minimum absolute atomic E-state index is 0.125. The van der Waals surface area contributed by atoms with Crippen molar-refractivity contribution in [1.82, 2.24) is 10.9 Å². The van der Waals surface area contributed by atoms with Crippen LogP contribution in [0.5, 0.6) is 5.75 Å². The van der Waals surface area contributed by atoms with Gasteiger partial charge in [0.2, 0.25) is 5.91 Å². The first-order chi connectivity index (χ1) is 9.15. The average molecular weight is 264 g/mol. The maximum Gasteiger partial charge on any atom is 0.276 e. The van der Waals surface area contributed by atoms with Crippen LogP contribution in [0.4, 0.5) is 0 Å². The molecule has 0 aliphatic carbocycles. The van der Waals surface area contributed by atoms with Crippen LogP contribution in [0.2, 0.25) is 0 Å². The normalized spacial score (nSPS) is 9.79. The Kier molecular flexibility index (Phi) is 6.43. The zero-order valence-electron chi connectivity index (χ0n) is 11.4. The summed E-state index contributed by atoms with van der Waals surface area (Å²) in [7, 11) is 0. The van der Waals surface area contributed by atoms with Crippen molar-refractivity contribution in [2.24, 2.45) is 0 Å². The van der Waals surface area contributed by atoms with Crippen LogP contribution >= 0.6 is 0 Å². The first-order valence-electron chi connectivity index (χ1n) is 6.45. The number of ether oxygens (including phenoxy) is 1. The molecule has 2 amide bonds. The summed E-state index contributed by atoms with van der Waals surface area (Å²) >= 11 is 0. The summed E-state index contributed by atoms with van der Waals surface area (Å²) in [5, 5.41) is 0. The van der Waals surface area contributed by atoms with Gasteiger partial charge in [0.15, 0.2) is 6.61 Å². The summed E-state index contributed by atoms with van der Waals surface area (Å²) in [6.45, 7) is 3.82. The molecular weight excluding hydrogens is 244 g/mol. The summed E-state index contributed by atoms with van der Waals surface area (Å²) < 4.78 is 5.34. The molecule has 0 spiro atoms. The van der Waals surface area contributed by atoms with E-state index >= 15 is 0 Å². The van der Waals surface area contributed by atoms with E-state index in [-0.39, 0.29) is 18.4 Å². The quantitative estimate of drug-likeness (QED) is 0.766. The number of aryl methyl sites for hydroxylation is 1. The van der Waals surface area contributed by atoms with E-state index < -0.39 is 0 Å². The lowest BCUT2D eigenvalue weighted by atomic mass is 10.2. The highest BCUT2D eigenvalue weighted by atomic mass is 16.5. The van der Waals surface area contributed by atoms with Gasteiger partial charge in [0.1, 0.15) is 5.75 Å². The Bertz CT molecular complexity index is 432. The Morgan fingerprint density at radius 2 is 1.89 bits per heavy atom. The van der Waals surface area contributed by atoms with Crippen LogP contribution in [0.25, 0.3) is 0 Å². The summed E-state index contributed by atoms with van der Waals surface area (Å²) in [4.78, 5) is 22.6. The Balaban J connectivity index is 2.31. The third-order valence-corrected chi connectivity index (χ3v) is 2.50. The molecule has 5 nitrogen and oxygen atoms in total. The molecule has 0 aromatic heterocycles. The van der Waals surface area contributed by atoms with E-state index in [1.54, 1.807) is 6.07 Å². The molecule has 0 unspecified atom stereocenters. The van der Waals surface area contributed by atoms with Crippen molar-refractivity contribution in [1.29, 1.82) is 0 Å². The predicted octanol–water partition coefficient (Wildman–Crippen LogP) is 1.58. The summed E-state index contributed by atoms with van der Waals surface area (Å²) in [6, 6.07) is 7.57. The first-order valence-corrected chi connectivity index (χ1v) is 6.45. The molecule has 1 aromatic carbocycles. The number of carbonyl (C=O) groups is 2. The van der Waals surface area contributed by atoms with E-state index in [9.17, 15) is 9.59 Å². The Morgan fingerprint density at radius 3 is 2.58 bits per heavy atom. The van der Waals surface area contributed by atoms with Crippen molar-refractivity contribution in [2.45, 2.75) is 33.1 Å². The van der Waals surface area contributed by atoms with Gasteiger partial charge >= 0.3 is 0 Å². The Morgan fingerprint density at radius 1 is 1.16 bits per heavy atom. The zero-order valence-corrected chi connectivity index (χ0v) is 11.4. The standard InChI is InChI=1S/C14H20N2O3/c1-3-6-13(17)15-16-14(18)10-19-12-8-5-7-11(4-2)9-12/h5,7-9H,3-4,6,10H2,1-2H3,(H,15,17)(H,16,18). The number of hydrogen-bond acceptors (Lipinski definition) is 3. The highest BCUT2D eigenvalue weighted by molar-refractivity contribution is 5.82. The number of rotatable bonds is 6. The molecule has 0 atom stereocenters. The number of benzene rings is 1. The van der Waals surface area contributed by atoms with Gasteiger partial charge in [0.25, 0.3) is 5.91 Å². The third kappa shape index (κ3) is 5.90. The minimum Gasteiger partial charge on any atom is -0.484 e. The maximum absolute atomic E-state index is 11.4. The van der Waals surface area contributed by atoms with E-state index in [2.05, 4.69) is 17.8 Å². The van der Waals surface area contributed by atoms with Crippen molar-refractivity contribution >= 4 is 11.8 Å². The van der Waals surface area contributed by atoms with Gasteiger partial charge in [-0.15, -0.1) is 0 Å². The summed E-state index contributed by atoms with van der Waals surface area (Å²) in [5.41, 5.74) is 5.77. The molecule has 0 aliphatic heterocycles. The van der Waals surface area contributed by atoms with Crippen LogP contribution in [-0.2, 0) is 16.0 Å². The molecule has 104 valence electrons. The number of hydrazine groups is 1. The second-order valence-corrected chi connectivity index (χ2v) is 4.14. The summed E-state index contributed by atoms with van der Waals surface area (Å²) in [6.07, 6.45) is 2.04. The first kappa shape index (κ1) is 15.0. The number of carbonyl (C=O) groups excluding carboxylic acids is 2. The molecule has 0 saturated carbocycles. The molecular formula is C14H20N2O3. The maximum atomic E-state index is 11.4. The lowest BCUT2D eigenvalue weighted by Gasteiger charge is -2.09. The predicted molar refractivity (Wildman–Crippen MR) is 72.5 cm³/mol. The van der Waals surface area contributed by atoms with Gasteiger partial charge in [-0.05, 0) is 30.5 Å². The Hall–Kier alpha value is -2.04. The summed E-state index contributed by atoms with van der Waals surface area (Å²) in [5.74, 6) is 0.0598. The number of hydrogen-bond donors (Lipinski definition) is 2. The second kappa shape index (κ2) is 8.13. The van der Waals surface area contributed by atoms with Crippen LogP contribution in [0, 0.1) is 0 Å². The van der Waals surface area contributed by atoms with Gasteiger partial charge in [-0.25, -0.2) is 0 Å². The van der Waals surface area contributed by atoms with Crippen molar-refractivity contribution in [3.8, 4) is 5.75 Å². The fourth-order valence-corrected chi connectivity index (χ4v) is 1.47. The van der Waals surface area contributed by atoms with Crippen molar-refractivity contribution in [3.05, 3.63) is 29.8 Å². The minimum atomic E-state index is -0.383. The van der Waals surface area contributed by atoms with Gasteiger partial charge < -0.3 is 4.74 Å². The van der Waals surface area contributed by atoms with Crippen molar-refractivity contribution < 1.29 is 14.3 Å². The highest BCUT2D eigenvalue weighted by Gasteiger charge is 2.05. The lowest BCUT2D eigenvalue weighted by Crippen LogP contribution is -2.43. The van der Waals surface area contributed by atoms with E-state index in [1.807, 2.05) is 25.1 Å². The van der Waals surface area contributed by atoms with Gasteiger partial charge in [0.05, 0.1) is 0 Å². The van der Waals surface area contributed by atoms with Crippen LogP contribution in [0.15, 0.2) is 24.3 Å². The van der Waals surface area contributed by atoms with Gasteiger partial charge in [-0.3, -0.25) is 20.4 Å². The van der Waals surface area contributed by atoms with Gasteiger partial charge in [0, 0.05) is 6.42 Å². The van der Waals surface area contributed by atoms with E-state index in [4.69, 9.17) is 4.74 Å². The third-order valence-electron chi connectivity index (χ3n) is 2.50. The van der Waals surface area contributed by atoms with Crippen molar-refractivity contribution in [2.75, 3.05) is 6.61 Å². The highest BCUT2D eigenvalue weighted by Crippen LogP contribution is 2.13. The fourth-order valence-electron chi connectivity index (χ4n) is 1.47. The molecule has 2 N–H and O–H groups in total. The molecule has 0 heterocycles. The monoisotopic (exact) mass is 264 g/mol. The van der Waals surface area contributed by atoms with Gasteiger partial charge in [-0.2, -0.15) is 0 Å². The SMILES string of the molecule is CCCC(=O)NNC(=O)COc1cccc(CC)c1. The molecule has 1 aromatic rings. The number of amides is 2. The molecule has 0 aliphatic rings. The molecule has 5 heteroatoms. The van der Waals surface area contributed by atoms with Crippen LogP contribution < -0.4 is 15.6 Å². The molecule has 0 radical (unpaired) electrons. The molecule has 19 heavy (non-hydrogen) atoms. The van der Waals surface area contributed by atoms with Crippen molar-refractivity contribution in [3.63, 3.8) is 0 Å². The number of nitrogens with one attached hydrogen (secondary N) is 2. The fraction of sp³-hybridized carbons (Fsp3) is 0.429. The molecule has 0 saturated heterocycles. The topological polar surface area (TPSA) is 67.4 Å². The zero-order chi connectivity index (χ0) is 14.1. The van der Waals surface area contributed by atoms with Crippen LogP contribution in [-0.4, -0.2) is 18.4 Å². The largest absolute Gasteiger partial charge is 0.484 e. The van der Waals surface area contributed by atoms with E-state index in [1.165, 1.54) is 0 Å². The molecule has 0 bridgehead atoms. The van der Waals surface area contributed by atoms with E-state index in [0.29, 0.717) is 12.2 Å². The molecule has 0 fully saturated rings. The van der Waals surface area contributed by atoms with Crippen LogP contribution in [0.1, 0.15) is 32.3 Å². The van der Waals surface area contributed by atoms with E-state index in [0.717, 1.165) is 18.4 Å². The van der Waals surface area contributed by atoms with Gasteiger partial charge in [-0.1, -0.05) is 26.0 Å². The smallest absolute Gasteiger partial charge is 0.276 e. The lowest BCUT2D eigenvalue weighted by molar-refractivity contribution is -0.130. The van der Waals surface area contributed by atoms with Crippen LogP contribution in [0.3, 0.4) is 0 Å².